The van der Waals surface area contributed by atoms with E-state index in [-0.39, 0.29) is 0 Å². The number of aliphatic hydroxyl groups is 4. The van der Waals surface area contributed by atoms with E-state index in [1.807, 2.05) is 0 Å². The third kappa shape index (κ3) is 2.57. The van der Waals surface area contributed by atoms with Crippen LogP contribution < -0.4 is 5.73 Å². The molecule has 1 saturated heterocycles. The number of hydrogen-bond acceptors (Lipinski definition) is 8. The maximum Gasteiger partial charge on any atom is 0.325 e. The van der Waals surface area contributed by atoms with Crippen molar-refractivity contribution in [3.8, 4) is 0 Å². The first-order chi connectivity index (χ1) is 7.88. The number of carbonyl (C=O) groups is 1. The minimum Gasteiger partial charge on any atom is -0.426 e. The molecule has 1 fully saturated rings. The molecule has 0 aromatic rings. The Balaban J connectivity index is 2.86. The van der Waals surface area contributed by atoms with Crippen molar-refractivity contribution >= 4 is 5.97 Å². The second kappa shape index (κ2) is 5.25. The first-order valence-electron chi connectivity index (χ1n) is 5.12. The quantitative estimate of drug-likeness (QED) is 0.327. The first kappa shape index (κ1) is 14.3. The van der Waals surface area contributed by atoms with E-state index < -0.39 is 49.3 Å². The van der Waals surface area contributed by atoms with Crippen LogP contribution in [0.3, 0.4) is 0 Å². The molecule has 1 aliphatic heterocycles. The van der Waals surface area contributed by atoms with Gasteiger partial charge < -0.3 is 35.6 Å². The van der Waals surface area contributed by atoms with E-state index in [2.05, 4.69) is 0 Å². The molecule has 6 N–H and O–H groups in total. The van der Waals surface area contributed by atoms with Gasteiger partial charge in [-0.15, -0.1) is 0 Å². The zero-order valence-electron chi connectivity index (χ0n) is 9.31. The van der Waals surface area contributed by atoms with Crippen molar-refractivity contribution in [1.82, 2.24) is 0 Å². The van der Waals surface area contributed by atoms with E-state index in [0.29, 0.717) is 0 Å². The summed E-state index contributed by atoms with van der Waals surface area (Å²) in [4.78, 5) is 11.3. The van der Waals surface area contributed by atoms with Crippen LogP contribution in [0.2, 0.25) is 0 Å². The third-order valence-corrected chi connectivity index (χ3v) is 2.55. The van der Waals surface area contributed by atoms with E-state index in [1.54, 1.807) is 0 Å². The zero-order chi connectivity index (χ0) is 13.2. The Morgan fingerprint density at radius 2 is 2.12 bits per heavy atom. The Morgan fingerprint density at radius 3 is 2.47 bits per heavy atom. The average molecular weight is 251 g/mol. The van der Waals surface area contributed by atoms with Crippen LogP contribution in [0.5, 0.6) is 0 Å². The molecule has 100 valence electrons. The molecule has 0 aliphatic carbocycles. The lowest BCUT2D eigenvalue weighted by molar-refractivity contribution is -0.265. The highest BCUT2D eigenvalue weighted by Crippen LogP contribution is 2.32. The topological polar surface area (TPSA) is 142 Å². The van der Waals surface area contributed by atoms with Gasteiger partial charge in [0, 0.05) is 0 Å². The highest BCUT2D eigenvalue weighted by molar-refractivity contribution is 5.75. The zero-order valence-corrected chi connectivity index (χ0v) is 9.31. The monoisotopic (exact) mass is 251 g/mol. The molecule has 0 bridgehead atoms. The molecule has 1 heterocycles. The van der Waals surface area contributed by atoms with E-state index >= 15 is 0 Å². The summed E-state index contributed by atoms with van der Waals surface area (Å²) in [5, 5.41) is 37.2. The number of hydrogen-bond donors (Lipinski definition) is 5. The van der Waals surface area contributed by atoms with Gasteiger partial charge in [-0.2, -0.15) is 0 Å². The van der Waals surface area contributed by atoms with Crippen LogP contribution in [-0.2, 0) is 14.3 Å². The summed E-state index contributed by atoms with van der Waals surface area (Å²) >= 11 is 0. The number of nitrogens with two attached hydrogens (primary N) is 1. The van der Waals surface area contributed by atoms with Gasteiger partial charge in [0.25, 0.3) is 5.79 Å². The van der Waals surface area contributed by atoms with Gasteiger partial charge in [0.2, 0.25) is 0 Å². The molecular weight excluding hydrogens is 234 g/mol. The van der Waals surface area contributed by atoms with E-state index in [0.717, 1.165) is 0 Å². The lowest BCUT2D eigenvalue weighted by Gasteiger charge is -2.30. The lowest BCUT2D eigenvalue weighted by atomic mass is 10.1. The normalized spacial score (nSPS) is 39.1. The summed E-state index contributed by atoms with van der Waals surface area (Å²) < 4.78 is 9.76. The third-order valence-electron chi connectivity index (χ3n) is 2.55. The minimum atomic E-state index is -2.09. The Bertz CT molecular complexity index is 285. The van der Waals surface area contributed by atoms with Crippen LogP contribution in [0, 0.1) is 0 Å². The number of aliphatic hydroxyl groups excluding tert-OH is 4. The van der Waals surface area contributed by atoms with Gasteiger partial charge in [-0.1, -0.05) is 0 Å². The van der Waals surface area contributed by atoms with Crippen molar-refractivity contribution in [1.29, 1.82) is 0 Å². The molecule has 0 amide bonds. The Morgan fingerprint density at radius 1 is 1.53 bits per heavy atom. The Kier molecular flexibility index (Phi) is 4.42. The summed E-state index contributed by atoms with van der Waals surface area (Å²) in [5.41, 5.74) is 5.27. The second-order valence-corrected chi connectivity index (χ2v) is 3.95. The highest BCUT2D eigenvalue weighted by Gasteiger charge is 2.57. The number of esters is 1. The summed E-state index contributed by atoms with van der Waals surface area (Å²) in [7, 11) is 0. The lowest BCUT2D eigenvalue weighted by Crippen LogP contribution is -2.51. The molecule has 8 nitrogen and oxygen atoms in total. The molecular formula is C9H17NO7. The predicted molar refractivity (Wildman–Crippen MR) is 53.5 cm³/mol. The van der Waals surface area contributed by atoms with Crippen molar-refractivity contribution in [2.24, 2.45) is 5.73 Å². The fraction of sp³-hybridized carbons (Fsp3) is 0.889. The predicted octanol–water partition coefficient (Wildman–Crippen LogP) is -3.32. The van der Waals surface area contributed by atoms with Crippen LogP contribution in [-0.4, -0.2) is 69.8 Å². The molecule has 0 spiro atoms. The fourth-order valence-corrected chi connectivity index (χ4v) is 1.52. The molecule has 17 heavy (non-hydrogen) atoms. The van der Waals surface area contributed by atoms with Gasteiger partial charge in [0.05, 0.1) is 6.61 Å². The molecule has 8 heteroatoms. The van der Waals surface area contributed by atoms with Crippen LogP contribution >= 0.6 is 0 Å². The summed E-state index contributed by atoms with van der Waals surface area (Å²) in [5.74, 6) is -2.98. The minimum absolute atomic E-state index is 0.588. The van der Waals surface area contributed by atoms with Gasteiger partial charge in [0.1, 0.15) is 24.9 Å². The molecule has 0 saturated carbocycles. The first-order valence-corrected chi connectivity index (χ1v) is 5.12. The van der Waals surface area contributed by atoms with E-state index in [9.17, 15) is 15.0 Å². The maximum absolute atomic E-state index is 11.3. The fourth-order valence-electron chi connectivity index (χ4n) is 1.52. The van der Waals surface area contributed by atoms with E-state index in [1.165, 1.54) is 6.92 Å². The van der Waals surface area contributed by atoms with Gasteiger partial charge in [-0.3, -0.25) is 4.79 Å². The molecule has 0 aromatic heterocycles. The summed E-state index contributed by atoms with van der Waals surface area (Å²) in [6.07, 6.45) is -4.27. The molecule has 0 aromatic carbocycles. The van der Waals surface area contributed by atoms with Gasteiger partial charge >= 0.3 is 5.97 Å². The largest absolute Gasteiger partial charge is 0.426 e. The Hall–Kier alpha value is -0.770. The Labute approximate surface area is 97.6 Å². The van der Waals surface area contributed by atoms with Gasteiger partial charge in [0.15, 0.2) is 6.10 Å². The molecule has 1 rings (SSSR count). The molecule has 1 unspecified atom stereocenters. The molecule has 1 aliphatic rings. The van der Waals surface area contributed by atoms with Crippen molar-refractivity contribution < 1.29 is 34.7 Å². The van der Waals surface area contributed by atoms with Gasteiger partial charge in [-0.25, -0.2) is 0 Å². The van der Waals surface area contributed by atoms with Crippen LogP contribution in [0.4, 0.5) is 0 Å². The van der Waals surface area contributed by atoms with Crippen LogP contribution in [0.1, 0.15) is 6.92 Å². The number of rotatable bonds is 4. The van der Waals surface area contributed by atoms with Crippen LogP contribution in [0.25, 0.3) is 0 Å². The average Bonchev–Trinajstić information content (AvgIpc) is 2.54. The smallest absolute Gasteiger partial charge is 0.325 e. The van der Waals surface area contributed by atoms with Crippen molar-refractivity contribution in [3.63, 3.8) is 0 Å². The molecule has 0 radical (unpaired) electrons. The van der Waals surface area contributed by atoms with Crippen molar-refractivity contribution in [2.75, 3.05) is 13.2 Å². The highest BCUT2D eigenvalue weighted by atomic mass is 16.8. The SMILES string of the molecule is C[C@H](N)C(=O)OC1(CO)O[C@H](CO)[C@@H](O)[C@@H]1O. The van der Waals surface area contributed by atoms with Crippen molar-refractivity contribution in [2.45, 2.75) is 37.1 Å². The van der Waals surface area contributed by atoms with E-state index in [4.69, 9.17) is 25.4 Å². The standard InChI is InChI=1S/C9H17NO7/c1-4(10)8(15)17-9(3-12)7(14)6(13)5(2-11)16-9/h4-7,11-14H,2-3,10H2,1H3/t4-,5+,6+,7-,9?/m0/s1. The summed E-state index contributed by atoms with van der Waals surface area (Å²) in [6.45, 7) is -0.0927. The maximum atomic E-state index is 11.3. The molecule has 5 atom stereocenters. The van der Waals surface area contributed by atoms with Gasteiger partial charge in [-0.05, 0) is 6.92 Å². The number of ether oxygens (including phenoxy) is 2. The second-order valence-electron chi connectivity index (χ2n) is 3.95. The van der Waals surface area contributed by atoms with Crippen LogP contribution in [0.15, 0.2) is 0 Å². The number of carbonyl (C=O) groups excluding carboxylic acids is 1. The van der Waals surface area contributed by atoms with Crippen molar-refractivity contribution in [3.05, 3.63) is 0 Å². The summed E-state index contributed by atoms with van der Waals surface area (Å²) in [6, 6.07) is -0.973.